The van der Waals surface area contributed by atoms with Gasteiger partial charge < -0.3 is 14.2 Å². The van der Waals surface area contributed by atoms with Gasteiger partial charge >= 0.3 is 17.9 Å². The van der Waals surface area contributed by atoms with Crippen molar-refractivity contribution < 1.29 is 28.6 Å². The molecule has 0 aromatic carbocycles. The highest BCUT2D eigenvalue weighted by molar-refractivity contribution is 5.71. The van der Waals surface area contributed by atoms with Crippen LogP contribution in [-0.4, -0.2) is 37.2 Å². The van der Waals surface area contributed by atoms with E-state index >= 15 is 0 Å². The Morgan fingerprint density at radius 1 is 0.292 bits per heavy atom. The molecular weight excluding hydrogens is 889 g/mol. The van der Waals surface area contributed by atoms with E-state index in [1.54, 1.807) is 0 Å². The van der Waals surface area contributed by atoms with E-state index in [9.17, 15) is 14.4 Å². The third kappa shape index (κ3) is 57.2. The van der Waals surface area contributed by atoms with Gasteiger partial charge in [-0.25, -0.2) is 0 Å². The van der Waals surface area contributed by atoms with E-state index in [0.717, 1.165) is 122 Å². The maximum atomic E-state index is 12.9. The predicted octanol–water partition coefficient (Wildman–Crippen LogP) is 20.5. The molecule has 0 N–H and O–H groups in total. The second-order valence-corrected chi connectivity index (χ2v) is 19.8. The zero-order valence-corrected chi connectivity index (χ0v) is 47.2. The van der Waals surface area contributed by atoms with Gasteiger partial charge in [-0.1, -0.05) is 253 Å². The molecule has 72 heavy (non-hydrogen) atoms. The minimum atomic E-state index is -0.786. The zero-order chi connectivity index (χ0) is 52.2. The topological polar surface area (TPSA) is 78.9 Å². The van der Waals surface area contributed by atoms with Gasteiger partial charge in [-0.2, -0.15) is 0 Å². The van der Waals surface area contributed by atoms with Crippen molar-refractivity contribution in [3.05, 3.63) is 97.2 Å². The Hall–Kier alpha value is -3.67. The summed E-state index contributed by atoms with van der Waals surface area (Å²) in [5.41, 5.74) is 0. The predicted molar refractivity (Wildman–Crippen MR) is 311 cm³/mol. The van der Waals surface area contributed by atoms with Gasteiger partial charge in [0, 0.05) is 19.3 Å². The molecule has 0 aromatic heterocycles. The smallest absolute Gasteiger partial charge is 0.306 e. The SMILES string of the molecule is CC/C=C\C/C=C\C/C=C\C/C=C\CCCCCCCCCCCCCCCCC(=O)OCC(COC(=O)CCCCCCC/C=C\CCC)OC(=O)CCCCCCCCC/C=C\C/C=C\C/C=C\CC. The first-order valence-electron chi connectivity index (χ1n) is 30.2. The van der Waals surface area contributed by atoms with Crippen molar-refractivity contribution in [2.24, 2.45) is 0 Å². The van der Waals surface area contributed by atoms with E-state index in [2.05, 4.69) is 118 Å². The lowest BCUT2D eigenvalue weighted by Gasteiger charge is -2.18. The van der Waals surface area contributed by atoms with Gasteiger partial charge in [-0.15, -0.1) is 0 Å². The third-order valence-electron chi connectivity index (χ3n) is 12.8. The molecule has 0 aromatic rings. The summed E-state index contributed by atoms with van der Waals surface area (Å²) in [7, 11) is 0. The van der Waals surface area contributed by atoms with Crippen molar-refractivity contribution in [3.63, 3.8) is 0 Å². The average Bonchev–Trinajstić information content (AvgIpc) is 3.38. The van der Waals surface area contributed by atoms with Crippen molar-refractivity contribution >= 4 is 17.9 Å². The van der Waals surface area contributed by atoms with E-state index in [1.165, 1.54) is 122 Å². The number of rotatable bonds is 54. The van der Waals surface area contributed by atoms with Crippen LogP contribution in [0.4, 0.5) is 0 Å². The van der Waals surface area contributed by atoms with Crippen LogP contribution in [0.15, 0.2) is 97.2 Å². The highest BCUT2D eigenvalue weighted by Crippen LogP contribution is 2.16. The third-order valence-corrected chi connectivity index (χ3v) is 12.8. The van der Waals surface area contributed by atoms with E-state index < -0.39 is 6.10 Å². The summed E-state index contributed by atoms with van der Waals surface area (Å²) in [5.74, 6) is -0.900. The number of hydrogen-bond acceptors (Lipinski definition) is 6. The normalized spacial score (nSPS) is 12.8. The molecule has 0 radical (unpaired) electrons. The largest absolute Gasteiger partial charge is 0.462 e. The van der Waals surface area contributed by atoms with Crippen molar-refractivity contribution in [2.75, 3.05) is 13.2 Å². The molecule has 0 aliphatic heterocycles. The van der Waals surface area contributed by atoms with Gasteiger partial charge in [-0.3, -0.25) is 14.4 Å². The van der Waals surface area contributed by atoms with Crippen LogP contribution < -0.4 is 0 Å². The van der Waals surface area contributed by atoms with E-state index in [1.807, 2.05) is 0 Å². The van der Waals surface area contributed by atoms with Gasteiger partial charge in [-0.05, 0) is 109 Å². The van der Waals surface area contributed by atoms with Crippen molar-refractivity contribution in [2.45, 2.75) is 290 Å². The number of carbonyl (C=O) groups is 3. The zero-order valence-electron chi connectivity index (χ0n) is 47.2. The molecule has 6 nitrogen and oxygen atoms in total. The van der Waals surface area contributed by atoms with Crippen molar-refractivity contribution in [3.8, 4) is 0 Å². The van der Waals surface area contributed by atoms with Gasteiger partial charge in [0.1, 0.15) is 13.2 Å². The molecule has 1 atom stereocenters. The summed E-state index contributed by atoms with van der Waals surface area (Å²) in [6.07, 6.45) is 79.9. The first kappa shape index (κ1) is 68.3. The maximum absolute atomic E-state index is 12.9. The number of carbonyl (C=O) groups excluding carboxylic acids is 3. The minimum absolute atomic E-state index is 0.0836. The Balaban J connectivity index is 4.22. The lowest BCUT2D eigenvalue weighted by molar-refractivity contribution is -0.167. The molecule has 0 saturated heterocycles. The maximum Gasteiger partial charge on any atom is 0.306 e. The Bertz CT molecular complexity index is 1430. The molecule has 0 heterocycles. The summed E-state index contributed by atoms with van der Waals surface area (Å²) < 4.78 is 16.8. The highest BCUT2D eigenvalue weighted by atomic mass is 16.6. The quantitative estimate of drug-likeness (QED) is 0.0261. The average molecular weight is 1000 g/mol. The number of esters is 3. The lowest BCUT2D eigenvalue weighted by Crippen LogP contribution is -2.30. The molecule has 0 saturated carbocycles. The fourth-order valence-electron chi connectivity index (χ4n) is 8.33. The second-order valence-electron chi connectivity index (χ2n) is 19.8. The monoisotopic (exact) mass is 1000 g/mol. The minimum Gasteiger partial charge on any atom is -0.462 e. The van der Waals surface area contributed by atoms with Crippen LogP contribution in [-0.2, 0) is 28.6 Å². The standard InChI is InChI=1S/C66H112O6/c1-4-7-10-13-16-19-22-24-26-28-29-30-31-32-33-34-35-36-37-39-40-42-44-47-50-53-56-59-65(68)71-62-63(61-70-64(67)58-55-52-49-46-21-18-15-12-9-6-3)72-66(69)60-57-54-51-48-45-43-41-38-27-25-23-20-17-14-11-8-5-2/h7-8,10-12,15-17,19-20,24-27,29-30,63H,4-6,9,13-14,18,21-23,28,31-62H2,1-3H3/b10-7-,11-8-,15-12-,19-16-,20-17-,26-24-,27-25-,30-29-. The molecule has 412 valence electrons. The Kier molecular flexibility index (Phi) is 56.8. The van der Waals surface area contributed by atoms with Gasteiger partial charge in [0.05, 0.1) is 0 Å². The van der Waals surface area contributed by atoms with Crippen LogP contribution in [0, 0.1) is 0 Å². The summed E-state index contributed by atoms with van der Waals surface area (Å²) in [6.45, 7) is 6.35. The van der Waals surface area contributed by atoms with Crippen LogP contribution in [0.1, 0.15) is 284 Å². The van der Waals surface area contributed by atoms with E-state index in [0.29, 0.717) is 19.3 Å². The molecule has 0 fully saturated rings. The molecule has 0 spiro atoms. The molecule has 0 amide bonds. The fourth-order valence-corrected chi connectivity index (χ4v) is 8.33. The lowest BCUT2D eigenvalue weighted by atomic mass is 10.0. The number of allylic oxidation sites excluding steroid dienone is 16. The molecular formula is C66H112O6. The Morgan fingerprint density at radius 3 is 0.861 bits per heavy atom. The second kappa shape index (κ2) is 59.9. The summed E-state index contributed by atoms with van der Waals surface area (Å²) in [6, 6.07) is 0. The van der Waals surface area contributed by atoms with Gasteiger partial charge in [0.2, 0.25) is 0 Å². The summed E-state index contributed by atoms with van der Waals surface area (Å²) in [4.78, 5) is 38.1. The van der Waals surface area contributed by atoms with Crippen LogP contribution in [0.25, 0.3) is 0 Å². The van der Waals surface area contributed by atoms with Crippen molar-refractivity contribution in [1.82, 2.24) is 0 Å². The molecule has 6 heteroatoms. The van der Waals surface area contributed by atoms with Crippen LogP contribution >= 0.6 is 0 Å². The number of unbranched alkanes of at least 4 members (excludes halogenated alkanes) is 27. The van der Waals surface area contributed by atoms with Gasteiger partial charge in [0.15, 0.2) is 6.10 Å². The molecule has 0 bridgehead atoms. The van der Waals surface area contributed by atoms with Gasteiger partial charge in [0.25, 0.3) is 0 Å². The van der Waals surface area contributed by atoms with Crippen LogP contribution in [0.3, 0.4) is 0 Å². The highest BCUT2D eigenvalue weighted by Gasteiger charge is 2.19. The Labute approximate surface area is 445 Å². The van der Waals surface area contributed by atoms with E-state index in [-0.39, 0.29) is 31.1 Å². The van der Waals surface area contributed by atoms with Crippen LogP contribution in [0.2, 0.25) is 0 Å². The summed E-state index contributed by atoms with van der Waals surface area (Å²) >= 11 is 0. The molecule has 0 rings (SSSR count). The van der Waals surface area contributed by atoms with Crippen LogP contribution in [0.5, 0.6) is 0 Å². The molecule has 0 aliphatic carbocycles. The first-order chi connectivity index (χ1) is 35.5. The number of hydrogen-bond donors (Lipinski definition) is 0. The summed E-state index contributed by atoms with van der Waals surface area (Å²) in [5, 5.41) is 0. The van der Waals surface area contributed by atoms with E-state index in [4.69, 9.17) is 14.2 Å². The molecule has 0 aliphatic rings. The molecule has 1 unspecified atom stereocenters. The fraction of sp³-hybridized carbons (Fsp3) is 0.712. The first-order valence-corrected chi connectivity index (χ1v) is 30.2. The Morgan fingerprint density at radius 2 is 0.542 bits per heavy atom. The van der Waals surface area contributed by atoms with Crippen molar-refractivity contribution in [1.29, 1.82) is 0 Å². The number of ether oxygens (including phenoxy) is 3.